The van der Waals surface area contributed by atoms with Crippen molar-refractivity contribution in [3.63, 3.8) is 0 Å². The molecule has 1 aromatic carbocycles. The molecule has 1 amide bonds. The van der Waals surface area contributed by atoms with Crippen molar-refractivity contribution in [3.8, 4) is 0 Å². The van der Waals surface area contributed by atoms with Crippen molar-refractivity contribution in [2.24, 2.45) is 0 Å². The molecule has 1 aliphatic rings. The van der Waals surface area contributed by atoms with Gasteiger partial charge in [-0.15, -0.1) is 0 Å². The maximum atomic E-state index is 10.8. The highest BCUT2D eigenvalue weighted by molar-refractivity contribution is 6.31. The van der Waals surface area contributed by atoms with Gasteiger partial charge in [-0.2, -0.15) is 0 Å². The first-order chi connectivity index (χ1) is 11.6. The third kappa shape index (κ3) is 3.59. The number of benzene rings is 1. The molecule has 2 heterocycles. The molecule has 1 aromatic heterocycles. The number of hydrogen-bond donors (Lipinski definition) is 1. The molecular weight excluding hydrogens is 326 g/mol. The van der Waals surface area contributed by atoms with Crippen LogP contribution in [0.15, 0.2) is 24.3 Å². The second kappa shape index (κ2) is 7.05. The van der Waals surface area contributed by atoms with Crippen molar-refractivity contribution < 1.29 is 4.79 Å². The molecule has 1 aliphatic heterocycles. The summed E-state index contributed by atoms with van der Waals surface area (Å²) >= 11 is 6.18. The number of amides is 1. The Bertz CT molecular complexity index is 744. The van der Waals surface area contributed by atoms with Gasteiger partial charge in [-0.3, -0.25) is 4.79 Å². The van der Waals surface area contributed by atoms with Crippen LogP contribution in [-0.4, -0.2) is 47.5 Å². The standard InChI is InChI=1S/C17H20ClN5O/c1-12-14(18)4-3-5-15(12)21-16-10-17(20-13(2)19-16)23-8-6-22(11-24)7-9-23/h3-5,10-11H,6-9H2,1-2H3,(H,19,20,21). The van der Waals surface area contributed by atoms with Gasteiger partial charge < -0.3 is 15.1 Å². The lowest BCUT2D eigenvalue weighted by Crippen LogP contribution is -2.46. The lowest BCUT2D eigenvalue weighted by atomic mass is 10.2. The van der Waals surface area contributed by atoms with E-state index >= 15 is 0 Å². The SMILES string of the molecule is Cc1nc(Nc2cccc(Cl)c2C)cc(N2CCN(C=O)CC2)n1. The highest BCUT2D eigenvalue weighted by Crippen LogP contribution is 2.27. The van der Waals surface area contributed by atoms with Gasteiger partial charge in [0.1, 0.15) is 17.5 Å². The largest absolute Gasteiger partial charge is 0.353 e. The lowest BCUT2D eigenvalue weighted by Gasteiger charge is -2.33. The van der Waals surface area contributed by atoms with Crippen LogP contribution in [0.4, 0.5) is 17.3 Å². The van der Waals surface area contributed by atoms with E-state index in [4.69, 9.17) is 11.6 Å². The van der Waals surface area contributed by atoms with Gasteiger partial charge in [-0.05, 0) is 31.5 Å². The molecule has 7 heteroatoms. The van der Waals surface area contributed by atoms with Gasteiger partial charge in [-0.25, -0.2) is 9.97 Å². The number of anilines is 3. The zero-order valence-corrected chi connectivity index (χ0v) is 14.5. The van der Waals surface area contributed by atoms with Crippen molar-refractivity contribution >= 4 is 35.3 Å². The number of piperazine rings is 1. The number of carbonyl (C=O) groups is 1. The zero-order valence-electron chi connectivity index (χ0n) is 13.8. The minimum absolute atomic E-state index is 0.701. The average molecular weight is 346 g/mol. The van der Waals surface area contributed by atoms with Crippen molar-refractivity contribution in [2.75, 3.05) is 36.4 Å². The van der Waals surface area contributed by atoms with E-state index in [1.54, 1.807) is 4.90 Å². The third-order valence-corrected chi connectivity index (χ3v) is 4.55. The Morgan fingerprint density at radius 1 is 1.17 bits per heavy atom. The van der Waals surface area contributed by atoms with E-state index < -0.39 is 0 Å². The predicted molar refractivity (Wildman–Crippen MR) is 96.1 cm³/mol. The van der Waals surface area contributed by atoms with Crippen LogP contribution in [-0.2, 0) is 4.79 Å². The predicted octanol–water partition coefficient (Wildman–Crippen LogP) is 2.77. The van der Waals surface area contributed by atoms with E-state index in [1.807, 2.05) is 38.1 Å². The molecule has 0 aliphatic carbocycles. The minimum atomic E-state index is 0.701. The molecule has 6 nitrogen and oxygen atoms in total. The van der Waals surface area contributed by atoms with Gasteiger partial charge in [0.15, 0.2) is 0 Å². The molecule has 0 atom stereocenters. The van der Waals surface area contributed by atoms with Gasteiger partial charge in [0.05, 0.1) is 0 Å². The summed E-state index contributed by atoms with van der Waals surface area (Å²) in [5.41, 5.74) is 1.91. The molecule has 1 saturated heterocycles. The van der Waals surface area contributed by atoms with Crippen molar-refractivity contribution in [3.05, 3.63) is 40.7 Å². The molecular formula is C17H20ClN5O. The summed E-state index contributed by atoms with van der Waals surface area (Å²) in [5.74, 6) is 2.31. The first-order valence-corrected chi connectivity index (χ1v) is 8.27. The molecule has 0 saturated carbocycles. The monoisotopic (exact) mass is 345 g/mol. The molecule has 1 N–H and O–H groups in total. The van der Waals surface area contributed by atoms with E-state index in [0.717, 1.165) is 47.4 Å². The summed E-state index contributed by atoms with van der Waals surface area (Å²) in [6.45, 7) is 6.81. The smallest absolute Gasteiger partial charge is 0.209 e. The van der Waals surface area contributed by atoms with Gasteiger partial charge in [0.25, 0.3) is 0 Å². The third-order valence-electron chi connectivity index (χ3n) is 4.14. The molecule has 126 valence electrons. The Morgan fingerprint density at radius 3 is 2.62 bits per heavy atom. The number of aryl methyl sites for hydroxylation is 1. The number of carbonyl (C=O) groups excluding carboxylic acids is 1. The Morgan fingerprint density at radius 2 is 1.92 bits per heavy atom. The fraction of sp³-hybridized carbons (Fsp3) is 0.353. The summed E-state index contributed by atoms with van der Waals surface area (Å²) in [4.78, 5) is 23.8. The van der Waals surface area contributed by atoms with Crippen molar-refractivity contribution in [2.45, 2.75) is 13.8 Å². The summed E-state index contributed by atoms with van der Waals surface area (Å²) in [6, 6.07) is 7.68. The lowest BCUT2D eigenvalue weighted by molar-refractivity contribution is -0.118. The van der Waals surface area contributed by atoms with Gasteiger partial charge in [-0.1, -0.05) is 17.7 Å². The van der Waals surface area contributed by atoms with E-state index in [1.165, 1.54) is 0 Å². The zero-order chi connectivity index (χ0) is 17.1. The molecule has 1 fully saturated rings. The number of aromatic nitrogens is 2. The first kappa shape index (κ1) is 16.5. The Hall–Kier alpha value is -2.34. The highest BCUT2D eigenvalue weighted by atomic mass is 35.5. The fourth-order valence-corrected chi connectivity index (χ4v) is 2.89. The molecule has 0 spiro atoms. The van der Waals surface area contributed by atoms with Gasteiger partial charge in [0, 0.05) is 43.0 Å². The topological polar surface area (TPSA) is 61.4 Å². The first-order valence-electron chi connectivity index (χ1n) is 7.89. The highest BCUT2D eigenvalue weighted by Gasteiger charge is 2.18. The van der Waals surface area contributed by atoms with E-state index in [9.17, 15) is 4.79 Å². The molecule has 0 unspecified atom stereocenters. The van der Waals surface area contributed by atoms with Crippen LogP contribution >= 0.6 is 11.6 Å². The quantitative estimate of drug-likeness (QED) is 0.863. The van der Waals surface area contributed by atoms with Gasteiger partial charge >= 0.3 is 0 Å². The van der Waals surface area contributed by atoms with E-state index in [2.05, 4.69) is 20.2 Å². The Kier molecular flexibility index (Phi) is 4.85. The normalized spacial score (nSPS) is 14.6. The van der Waals surface area contributed by atoms with Crippen LogP contribution in [0.5, 0.6) is 0 Å². The number of nitrogens with one attached hydrogen (secondary N) is 1. The van der Waals surface area contributed by atoms with Crippen LogP contribution in [0, 0.1) is 13.8 Å². The summed E-state index contributed by atoms with van der Waals surface area (Å²) in [6.07, 6.45) is 0.900. The maximum Gasteiger partial charge on any atom is 0.209 e. The second-order valence-electron chi connectivity index (χ2n) is 5.82. The van der Waals surface area contributed by atoms with Crippen LogP contribution in [0.1, 0.15) is 11.4 Å². The minimum Gasteiger partial charge on any atom is -0.353 e. The van der Waals surface area contributed by atoms with Crippen LogP contribution < -0.4 is 10.2 Å². The molecule has 24 heavy (non-hydrogen) atoms. The molecule has 3 rings (SSSR count). The fourth-order valence-electron chi connectivity index (χ4n) is 2.72. The molecule has 0 bridgehead atoms. The maximum absolute atomic E-state index is 10.8. The summed E-state index contributed by atoms with van der Waals surface area (Å²) in [7, 11) is 0. The second-order valence-corrected chi connectivity index (χ2v) is 6.23. The Labute approximate surface area is 146 Å². The summed E-state index contributed by atoms with van der Waals surface area (Å²) < 4.78 is 0. The van der Waals surface area contributed by atoms with Crippen LogP contribution in [0.2, 0.25) is 5.02 Å². The Balaban J connectivity index is 1.81. The number of nitrogens with zero attached hydrogens (tertiary/aromatic N) is 4. The van der Waals surface area contributed by atoms with Crippen molar-refractivity contribution in [1.82, 2.24) is 14.9 Å². The number of halogens is 1. The van der Waals surface area contributed by atoms with E-state index in [0.29, 0.717) is 18.9 Å². The van der Waals surface area contributed by atoms with E-state index in [-0.39, 0.29) is 0 Å². The number of hydrogen-bond acceptors (Lipinski definition) is 5. The average Bonchev–Trinajstić information content (AvgIpc) is 2.58. The van der Waals surface area contributed by atoms with Crippen LogP contribution in [0.25, 0.3) is 0 Å². The molecule has 0 radical (unpaired) electrons. The van der Waals surface area contributed by atoms with Crippen LogP contribution in [0.3, 0.4) is 0 Å². The number of rotatable bonds is 4. The summed E-state index contributed by atoms with van der Waals surface area (Å²) in [5, 5.41) is 4.04. The van der Waals surface area contributed by atoms with Gasteiger partial charge in [0.2, 0.25) is 6.41 Å². The van der Waals surface area contributed by atoms with Crippen molar-refractivity contribution in [1.29, 1.82) is 0 Å². The molecule has 2 aromatic rings.